The summed E-state index contributed by atoms with van der Waals surface area (Å²) >= 11 is 0. The van der Waals surface area contributed by atoms with Gasteiger partial charge >= 0.3 is 10.1 Å². The molecule has 0 saturated carbocycles. The Morgan fingerprint density at radius 2 is 1.50 bits per heavy atom. The van der Waals surface area contributed by atoms with Crippen LogP contribution in [0.15, 0.2) is 54.6 Å². The van der Waals surface area contributed by atoms with Gasteiger partial charge < -0.3 is 9.08 Å². The van der Waals surface area contributed by atoms with Gasteiger partial charge in [0.05, 0.1) is 6.26 Å². The highest BCUT2D eigenvalue weighted by molar-refractivity contribution is 7.86. The lowest BCUT2D eigenvalue weighted by atomic mass is 9.84. The summed E-state index contributed by atoms with van der Waals surface area (Å²) in [7, 11) is -3.56. The second-order valence-electron chi connectivity index (χ2n) is 9.24. The van der Waals surface area contributed by atoms with Gasteiger partial charge in [-0.2, -0.15) is 8.42 Å². The van der Waals surface area contributed by atoms with E-state index >= 15 is 0 Å². The smallest absolute Gasteiger partial charge is 0.306 e. The summed E-state index contributed by atoms with van der Waals surface area (Å²) < 4.78 is 27.5. The number of amides is 1. The lowest BCUT2D eigenvalue weighted by Crippen LogP contribution is -2.31. The normalized spacial score (nSPS) is 13.0. The predicted octanol–water partition coefficient (Wildman–Crippen LogP) is 5.02. The van der Waals surface area contributed by atoms with Crippen molar-refractivity contribution in [3.63, 3.8) is 0 Å². The number of carbonyl (C=O) groups is 1. The van der Waals surface area contributed by atoms with Crippen LogP contribution in [0.5, 0.6) is 5.75 Å². The summed E-state index contributed by atoms with van der Waals surface area (Å²) in [4.78, 5) is 15.0. The zero-order valence-electron chi connectivity index (χ0n) is 18.6. The summed E-state index contributed by atoms with van der Waals surface area (Å²) in [6.45, 7) is 9.68. The summed E-state index contributed by atoms with van der Waals surface area (Å²) in [5.41, 5.74) is 2.18. The molecule has 1 amide bonds. The molecule has 2 aromatic rings. The third-order valence-corrected chi connectivity index (χ3v) is 5.09. The Kier molecular flexibility index (Phi) is 8.07. The minimum atomic E-state index is -3.56. The van der Waals surface area contributed by atoms with E-state index in [1.807, 2.05) is 35.2 Å². The molecule has 164 valence electrons. The Hall–Kier alpha value is -2.34. The van der Waals surface area contributed by atoms with E-state index in [9.17, 15) is 13.2 Å². The molecule has 6 heteroatoms. The van der Waals surface area contributed by atoms with Crippen molar-refractivity contribution < 1.29 is 17.4 Å². The third-order valence-electron chi connectivity index (χ3n) is 4.60. The summed E-state index contributed by atoms with van der Waals surface area (Å²) in [6.07, 6.45) is 2.49. The monoisotopic (exact) mass is 431 g/mol. The fourth-order valence-corrected chi connectivity index (χ4v) is 4.09. The Balaban J connectivity index is 2.14. The van der Waals surface area contributed by atoms with Crippen LogP contribution in [0.3, 0.4) is 0 Å². The molecule has 0 fully saturated rings. The van der Waals surface area contributed by atoms with E-state index in [1.165, 1.54) is 0 Å². The van der Waals surface area contributed by atoms with E-state index in [-0.39, 0.29) is 17.1 Å². The SMILES string of the molecule is CC(CC(=O)N(Cc1ccccc1)Cc1ccc(OS(C)(=O)=O)cc1)CC(C)(C)C. The zero-order valence-corrected chi connectivity index (χ0v) is 19.4. The maximum Gasteiger partial charge on any atom is 0.306 e. The molecule has 2 rings (SSSR count). The average Bonchev–Trinajstić information content (AvgIpc) is 2.60. The fourth-order valence-electron chi connectivity index (χ4n) is 3.63. The number of hydrogen-bond donors (Lipinski definition) is 0. The molecule has 0 spiro atoms. The van der Waals surface area contributed by atoms with Crippen molar-refractivity contribution >= 4 is 16.0 Å². The van der Waals surface area contributed by atoms with Crippen LogP contribution in [0.1, 0.15) is 51.7 Å². The average molecular weight is 432 g/mol. The second kappa shape index (κ2) is 10.1. The van der Waals surface area contributed by atoms with Crippen molar-refractivity contribution in [2.45, 2.75) is 53.6 Å². The van der Waals surface area contributed by atoms with Crippen molar-refractivity contribution in [1.82, 2.24) is 4.90 Å². The van der Waals surface area contributed by atoms with Gasteiger partial charge in [0.2, 0.25) is 5.91 Å². The van der Waals surface area contributed by atoms with Gasteiger partial charge in [-0.3, -0.25) is 4.79 Å². The fraction of sp³-hybridized carbons (Fsp3) is 0.458. The van der Waals surface area contributed by atoms with E-state index in [0.29, 0.717) is 25.4 Å². The first-order valence-corrected chi connectivity index (χ1v) is 12.0. The van der Waals surface area contributed by atoms with Gasteiger partial charge in [-0.05, 0) is 41.0 Å². The summed E-state index contributed by atoms with van der Waals surface area (Å²) in [5, 5.41) is 0. The Labute approximate surface area is 181 Å². The molecule has 0 radical (unpaired) electrons. The molecule has 30 heavy (non-hydrogen) atoms. The maximum atomic E-state index is 13.1. The molecule has 0 aliphatic rings. The van der Waals surface area contributed by atoms with Crippen molar-refractivity contribution in [2.75, 3.05) is 6.26 Å². The van der Waals surface area contributed by atoms with Gasteiger partial charge in [0.25, 0.3) is 0 Å². The van der Waals surface area contributed by atoms with Gasteiger partial charge in [-0.25, -0.2) is 0 Å². The minimum absolute atomic E-state index is 0.118. The zero-order chi connectivity index (χ0) is 22.4. The first kappa shape index (κ1) is 23.9. The van der Waals surface area contributed by atoms with E-state index in [2.05, 4.69) is 27.7 Å². The first-order chi connectivity index (χ1) is 13.9. The lowest BCUT2D eigenvalue weighted by molar-refractivity contribution is -0.133. The molecule has 1 unspecified atom stereocenters. The molecular formula is C24H33NO4S. The molecular weight excluding hydrogens is 398 g/mol. The van der Waals surface area contributed by atoms with Gasteiger partial charge in [0.15, 0.2) is 0 Å². The lowest BCUT2D eigenvalue weighted by Gasteiger charge is -2.27. The standard InChI is InChI=1S/C24H33NO4S/c1-19(16-24(2,3)4)15-23(26)25(17-20-9-7-6-8-10-20)18-21-11-13-22(14-12-21)29-30(5,27)28/h6-14,19H,15-18H2,1-5H3. The molecule has 0 aromatic heterocycles. The van der Waals surface area contributed by atoms with Crippen molar-refractivity contribution in [2.24, 2.45) is 11.3 Å². The van der Waals surface area contributed by atoms with Crippen LogP contribution in [0.25, 0.3) is 0 Å². The molecule has 2 aromatic carbocycles. The van der Waals surface area contributed by atoms with Gasteiger partial charge in [0.1, 0.15) is 5.75 Å². The molecule has 1 atom stereocenters. The molecule has 0 heterocycles. The molecule has 0 aliphatic carbocycles. The number of carbonyl (C=O) groups excluding carboxylic acids is 1. The maximum absolute atomic E-state index is 13.1. The largest absolute Gasteiger partial charge is 0.383 e. The number of rotatable bonds is 9. The number of benzene rings is 2. The van der Waals surface area contributed by atoms with Gasteiger partial charge in [-0.1, -0.05) is 70.2 Å². The Morgan fingerprint density at radius 1 is 0.967 bits per heavy atom. The van der Waals surface area contributed by atoms with Crippen molar-refractivity contribution in [1.29, 1.82) is 0 Å². The molecule has 0 N–H and O–H groups in total. The summed E-state index contributed by atoms with van der Waals surface area (Å²) in [5.74, 6) is 0.675. The van der Waals surface area contributed by atoms with Crippen LogP contribution in [0, 0.1) is 11.3 Å². The molecule has 5 nitrogen and oxygen atoms in total. The van der Waals surface area contributed by atoms with Crippen molar-refractivity contribution in [3.8, 4) is 5.75 Å². The van der Waals surface area contributed by atoms with E-state index in [4.69, 9.17) is 4.18 Å². The predicted molar refractivity (Wildman–Crippen MR) is 120 cm³/mol. The number of hydrogen-bond acceptors (Lipinski definition) is 4. The van der Waals surface area contributed by atoms with Crippen LogP contribution in [-0.4, -0.2) is 25.5 Å². The van der Waals surface area contributed by atoms with Crippen molar-refractivity contribution in [3.05, 3.63) is 65.7 Å². The highest BCUT2D eigenvalue weighted by Crippen LogP contribution is 2.27. The quantitative estimate of drug-likeness (QED) is 0.523. The molecule has 0 saturated heterocycles. The van der Waals surface area contributed by atoms with Crippen LogP contribution >= 0.6 is 0 Å². The highest BCUT2D eigenvalue weighted by Gasteiger charge is 2.21. The second-order valence-corrected chi connectivity index (χ2v) is 10.8. The topological polar surface area (TPSA) is 63.7 Å². The Bertz CT molecular complexity index is 916. The van der Waals surface area contributed by atoms with Crippen LogP contribution in [0.2, 0.25) is 0 Å². The summed E-state index contributed by atoms with van der Waals surface area (Å²) in [6, 6.07) is 16.8. The third kappa shape index (κ3) is 8.99. The first-order valence-electron chi connectivity index (χ1n) is 10.2. The van der Waals surface area contributed by atoms with Gasteiger partial charge in [-0.15, -0.1) is 0 Å². The molecule has 0 bridgehead atoms. The molecule has 0 aliphatic heterocycles. The Morgan fingerprint density at radius 3 is 2.00 bits per heavy atom. The van der Waals surface area contributed by atoms with Crippen LogP contribution in [0.4, 0.5) is 0 Å². The van der Waals surface area contributed by atoms with Crippen LogP contribution in [-0.2, 0) is 28.0 Å². The van der Waals surface area contributed by atoms with Gasteiger partial charge in [0, 0.05) is 19.5 Å². The van der Waals surface area contributed by atoms with E-state index in [0.717, 1.165) is 23.8 Å². The van der Waals surface area contributed by atoms with E-state index < -0.39 is 10.1 Å². The van der Waals surface area contributed by atoms with E-state index in [1.54, 1.807) is 24.3 Å². The minimum Gasteiger partial charge on any atom is -0.383 e. The highest BCUT2D eigenvalue weighted by atomic mass is 32.2. The van der Waals surface area contributed by atoms with Crippen LogP contribution < -0.4 is 4.18 Å². The number of nitrogens with zero attached hydrogens (tertiary/aromatic N) is 1.